The standard InChI is InChI=1S/C30H36ClN3O5S/c1-5-19-32-30(36)28(6-2)33(20-23-10-8-7-9-22(23)3)29(35)21-34(25-13-11-24(31)12-14-25)40(37,38)27-17-15-26(39-4)16-18-27/h7-18,28H,5-6,19-21H2,1-4H3,(H,32,36)/t28-/m1/s1. The highest BCUT2D eigenvalue weighted by molar-refractivity contribution is 7.92. The largest absolute Gasteiger partial charge is 0.497 e. The summed E-state index contributed by atoms with van der Waals surface area (Å²) in [6, 6.07) is 19.0. The van der Waals surface area contributed by atoms with E-state index < -0.39 is 28.5 Å². The van der Waals surface area contributed by atoms with Crippen molar-refractivity contribution in [1.82, 2.24) is 10.2 Å². The molecule has 1 atom stereocenters. The lowest BCUT2D eigenvalue weighted by Gasteiger charge is -2.33. The predicted octanol–water partition coefficient (Wildman–Crippen LogP) is 5.19. The third kappa shape index (κ3) is 7.55. The summed E-state index contributed by atoms with van der Waals surface area (Å²) in [4.78, 5) is 28.7. The van der Waals surface area contributed by atoms with Gasteiger partial charge in [-0.15, -0.1) is 0 Å². The zero-order valence-corrected chi connectivity index (χ0v) is 24.8. The van der Waals surface area contributed by atoms with Crippen LogP contribution < -0.4 is 14.4 Å². The van der Waals surface area contributed by atoms with Crippen LogP contribution in [0.3, 0.4) is 0 Å². The Kier molecular flexibility index (Phi) is 11.0. The highest BCUT2D eigenvalue weighted by atomic mass is 35.5. The number of aryl methyl sites for hydroxylation is 1. The summed E-state index contributed by atoms with van der Waals surface area (Å²) in [5, 5.41) is 3.31. The minimum Gasteiger partial charge on any atom is -0.497 e. The van der Waals surface area contributed by atoms with E-state index >= 15 is 0 Å². The van der Waals surface area contributed by atoms with Crippen LogP contribution in [0.25, 0.3) is 0 Å². The van der Waals surface area contributed by atoms with Crippen LogP contribution >= 0.6 is 11.6 Å². The number of nitrogens with zero attached hydrogens (tertiary/aromatic N) is 2. The fraction of sp³-hybridized carbons (Fsp3) is 0.333. The van der Waals surface area contributed by atoms with Crippen molar-refractivity contribution >= 4 is 39.1 Å². The molecule has 8 nitrogen and oxygen atoms in total. The molecule has 3 rings (SSSR count). The fourth-order valence-electron chi connectivity index (χ4n) is 4.27. The number of halogens is 1. The fourth-order valence-corrected chi connectivity index (χ4v) is 5.81. The Morgan fingerprint density at radius 3 is 2.20 bits per heavy atom. The number of nitrogens with one attached hydrogen (secondary N) is 1. The van der Waals surface area contributed by atoms with Crippen molar-refractivity contribution < 1.29 is 22.7 Å². The van der Waals surface area contributed by atoms with Gasteiger partial charge in [0.1, 0.15) is 18.3 Å². The van der Waals surface area contributed by atoms with Gasteiger partial charge in [0.25, 0.3) is 10.0 Å². The van der Waals surface area contributed by atoms with Crippen molar-refractivity contribution in [2.45, 2.75) is 51.1 Å². The second kappa shape index (κ2) is 14.2. The first-order valence-electron chi connectivity index (χ1n) is 13.2. The first-order chi connectivity index (χ1) is 19.1. The second-order valence-electron chi connectivity index (χ2n) is 9.33. The number of carbonyl (C=O) groups is 2. The van der Waals surface area contributed by atoms with Crippen LogP contribution in [0.2, 0.25) is 5.02 Å². The van der Waals surface area contributed by atoms with Crippen LogP contribution in [0.4, 0.5) is 5.69 Å². The average molecular weight is 586 g/mol. The number of methoxy groups -OCH3 is 1. The summed E-state index contributed by atoms with van der Waals surface area (Å²) < 4.78 is 34.0. The van der Waals surface area contributed by atoms with Gasteiger partial charge in [0.05, 0.1) is 17.7 Å². The van der Waals surface area contributed by atoms with E-state index in [1.807, 2.05) is 45.0 Å². The molecule has 3 aromatic rings. The Labute approximate surface area is 241 Å². The molecule has 0 heterocycles. The molecule has 0 bridgehead atoms. The maximum atomic E-state index is 14.1. The maximum absolute atomic E-state index is 14.1. The summed E-state index contributed by atoms with van der Waals surface area (Å²) in [6.45, 7) is 5.83. The van der Waals surface area contributed by atoms with Crippen molar-refractivity contribution in [3.05, 3.63) is 88.9 Å². The number of hydrogen-bond acceptors (Lipinski definition) is 5. The quantitative estimate of drug-likeness (QED) is 0.298. The highest BCUT2D eigenvalue weighted by Gasteiger charge is 2.33. The van der Waals surface area contributed by atoms with Gasteiger partial charge in [-0.3, -0.25) is 13.9 Å². The number of amides is 2. The lowest BCUT2D eigenvalue weighted by molar-refractivity contribution is -0.140. The van der Waals surface area contributed by atoms with E-state index in [0.29, 0.717) is 23.7 Å². The Bertz CT molecular complexity index is 1400. The molecule has 1 N–H and O–H groups in total. The molecule has 0 saturated carbocycles. The van der Waals surface area contributed by atoms with Crippen molar-refractivity contribution in [2.75, 3.05) is 24.5 Å². The van der Waals surface area contributed by atoms with Crippen molar-refractivity contribution in [1.29, 1.82) is 0 Å². The lowest BCUT2D eigenvalue weighted by Crippen LogP contribution is -2.52. The van der Waals surface area contributed by atoms with Crippen LogP contribution in [0.5, 0.6) is 5.75 Å². The molecule has 0 saturated heterocycles. The summed E-state index contributed by atoms with van der Waals surface area (Å²) in [5.41, 5.74) is 2.10. The molecule has 40 heavy (non-hydrogen) atoms. The summed E-state index contributed by atoms with van der Waals surface area (Å²) >= 11 is 6.08. The predicted molar refractivity (Wildman–Crippen MR) is 158 cm³/mol. The number of rotatable bonds is 13. The normalized spacial score (nSPS) is 11.9. The average Bonchev–Trinajstić information content (AvgIpc) is 2.96. The number of sulfonamides is 1. The number of ether oxygens (including phenoxy) is 1. The molecule has 0 spiro atoms. The van der Waals surface area contributed by atoms with Crippen molar-refractivity contribution in [2.24, 2.45) is 0 Å². The van der Waals surface area contributed by atoms with Gasteiger partial charge < -0.3 is 15.0 Å². The molecular weight excluding hydrogens is 550 g/mol. The van der Waals surface area contributed by atoms with E-state index in [1.54, 1.807) is 36.4 Å². The van der Waals surface area contributed by atoms with E-state index in [4.69, 9.17) is 16.3 Å². The monoisotopic (exact) mass is 585 g/mol. The van der Waals surface area contributed by atoms with Gasteiger partial charge in [-0.1, -0.05) is 49.7 Å². The molecule has 214 valence electrons. The van der Waals surface area contributed by atoms with E-state index in [0.717, 1.165) is 21.9 Å². The molecule has 3 aromatic carbocycles. The zero-order chi connectivity index (χ0) is 29.3. The minimum atomic E-state index is -4.18. The van der Waals surface area contributed by atoms with Crippen molar-refractivity contribution in [3.8, 4) is 5.75 Å². The summed E-state index contributed by atoms with van der Waals surface area (Å²) in [7, 11) is -2.69. The van der Waals surface area contributed by atoms with E-state index in [-0.39, 0.29) is 23.0 Å². The van der Waals surface area contributed by atoms with Crippen LogP contribution in [-0.4, -0.2) is 51.4 Å². The molecule has 2 amide bonds. The van der Waals surface area contributed by atoms with E-state index in [9.17, 15) is 18.0 Å². The Morgan fingerprint density at radius 2 is 1.62 bits per heavy atom. The number of carbonyl (C=O) groups excluding carboxylic acids is 2. The molecule has 10 heteroatoms. The third-order valence-corrected chi connectivity index (χ3v) is 8.62. The van der Waals surface area contributed by atoms with Gasteiger partial charge >= 0.3 is 0 Å². The highest BCUT2D eigenvalue weighted by Crippen LogP contribution is 2.27. The number of hydrogen-bond donors (Lipinski definition) is 1. The third-order valence-electron chi connectivity index (χ3n) is 6.58. The minimum absolute atomic E-state index is 0.00534. The molecule has 0 aliphatic heterocycles. The number of benzene rings is 3. The molecule has 0 aliphatic carbocycles. The Morgan fingerprint density at radius 1 is 0.975 bits per heavy atom. The SMILES string of the molecule is CCCNC(=O)[C@@H](CC)N(Cc1ccccc1C)C(=O)CN(c1ccc(Cl)cc1)S(=O)(=O)c1ccc(OC)cc1. The topological polar surface area (TPSA) is 96.0 Å². The van der Waals surface area contributed by atoms with Gasteiger partial charge in [-0.25, -0.2) is 8.42 Å². The van der Waals surface area contributed by atoms with E-state index in [1.165, 1.54) is 24.1 Å². The van der Waals surface area contributed by atoms with E-state index in [2.05, 4.69) is 5.32 Å². The van der Waals surface area contributed by atoms with Crippen LogP contribution in [0, 0.1) is 6.92 Å². The van der Waals surface area contributed by atoms with Gasteiger partial charge in [-0.2, -0.15) is 0 Å². The number of anilines is 1. The Hall–Kier alpha value is -3.56. The molecule has 0 unspecified atom stereocenters. The first-order valence-corrected chi connectivity index (χ1v) is 15.0. The molecule has 0 aliphatic rings. The smallest absolute Gasteiger partial charge is 0.264 e. The summed E-state index contributed by atoms with van der Waals surface area (Å²) in [5.74, 6) is -0.280. The van der Waals surface area contributed by atoms with Crippen LogP contribution in [0.15, 0.2) is 77.7 Å². The van der Waals surface area contributed by atoms with Gasteiger partial charge in [0, 0.05) is 18.1 Å². The lowest BCUT2D eigenvalue weighted by atomic mass is 10.1. The summed E-state index contributed by atoms with van der Waals surface area (Å²) in [6.07, 6.45) is 1.11. The molecule has 0 radical (unpaired) electrons. The molecule has 0 aromatic heterocycles. The first kappa shape index (κ1) is 31.0. The van der Waals surface area contributed by atoms with Gasteiger partial charge in [-0.05, 0) is 79.4 Å². The second-order valence-corrected chi connectivity index (χ2v) is 11.6. The maximum Gasteiger partial charge on any atom is 0.264 e. The van der Waals surface area contributed by atoms with Crippen LogP contribution in [-0.2, 0) is 26.2 Å². The van der Waals surface area contributed by atoms with Crippen molar-refractivity contribution in [3.63, 3.8) is 0 Å². The van der Waals surface area contributed by atoms with Gasteiger partial charge in [0.15, 0.2) is 0 Å². The molecular formula is C30H36ClN3O5S. The zero-order valence-electron chi connectivity index (χ0n) is 23.3. The molecule has 0 fully saturated rings. The van der Waals surface area contributed by atoms with Crippen LogP contribution in [0.1, 0.15) is 37.8 Å². The van der Waals surface area contributed by atoms with Gasteiger partial charge in [0.2, 0.25) is 11.8 Å². The Balaban J connectivity index is 2.05.